The summed E-state index contributed by atoms with van der Waals surface area (Å²) in [5.41, 5.74) is -1.62. The van der Waals surface area contributed by atoms with Crippen molar-refractivity contribution in [1.29, 1.82) is 5.26 Å². The van der Waals surface area contributed by atoms with Gasteiger partial charge in [0.25, 0.3) is 5.56 Å². The van der Waals surface area contributed by atoms with Gasteiger partial charge in [0.05, 0.1) is 18.3 Å². The summed E-state index contributed by atoms with van der Waals surface area (Å²) in [4.78, 5) is 24.1. The van der Waals surface area contributed by atoms with Crippen molar-refractivity contribution in [3.05, 3.63) is 68.0 Å². The van der Waals surface area contributed by atoms with Crippen LogP contribution in [0.15, 0.2) is 34.0 Å². The first-order chi connectivity index (χ1) is 9.01. The fourth-order valence-electron chi connectivity index (χ4n) is 1.55. The molecule has 0 bridgehead atoms. The number of halogens is 2. The second kappa shape index (κ2) is 4.86. The van der Waals surface area contributed by atoms with Gasteiger partial charge in [-0.05, 0) is 17.7 Å². The summed E-state index contributed by atoms with van der Waals surface area (Å²) in [6, 6.07) is 5.37. The van der Waals surface area contributed by atoms with E-state index in [9.17, 15) is 18.4 Å². The molecule has 0 saturated carbocycles. The maximum Gasteiger partial charge on any atom is 0.328 e. The number of aromatic amines is 1. The lowest BCUT2D eigenvalue weighted by molar-refractivity contribution is 0.565. The molecule has 96 valence electrons. The minimum atomic E-state index is -1.10. The Morgan fingerprint density at radius 2 is 2.00 bits per heavy atom. The Kier molecular flexibility index (Phi) is 3.25. The Labute approximate surface area is 105 Å². The average molecular weight is 263 g/mol. The Morgan fingerprint density at radius 3 is 2.68 bits per heavy atom. The summed E-state index contributed by atoms with van der Waals surface area (Å²) < 4.78 is 27.1. The van der Waals surface area contributed by atoms with Crippen molar-refractivity contribution in [3.8, 4) is 6.07 Å². The highest BCUT2D eigenvalue weighted by molar-refractivity contribution is 5.34. The lowest BCUT2D eigenvalue weighted by Crippen LogP contribution is -2.31. The molecule has 0 spiro atoms. The van der Waals surface area contributed by atoms with Crippen LogP contribution in [0.25, 0.3) is 0 Å². The van der Waals surface area contributed by atoms with E-state index in [4.69, 9.17) is 5.26 Å². The van der Waals surface area contributed by atoms with Gasteiger partial charge in [0, 0.05) is 0 Å². The molecule has 2 aromatic rings. The quantitative estimate of drug-likeness (QED) is 0.867. The number of nitrogens with one attached hydrogen (secondary N) is 1. The molecular weight excluding hydrogens is 256 g/mol. The minimum Gasteiger partial charge on any atom is -0.293 e. The SMILES string of the molecule is N#Cc1cc(Cn2cc(F)c(=O)[nH]c2=O)ccc1F. The van der Waals surface area contributed by atoms with Crippen molar-refractivity contribution in [3.63, 3.8) is 0 Å². The van der Waals surface area contributed by atoms with E-state index in [2.05, 4.69) is 0 Å². The van der Waals surface area contributed by atoms with Gasteiger partial charge in [-0.1, -0.05) is 6.07 Å². The number of nitrogens with zero attached hydrogens (tertiary/aromatic N) is 2. The lowest BCUT2D eigenvalue weighted by Gasteiger charge is -2.05. The molecule has 5 nitrogen and oxygen atoms in total. The smallest absolute Gasteiger partial charge is 0.293 e. The van der Waals surface area contributed by atoms with Crippen molar-refractivity contribution < 1.29 is 8.78 Å². The Hall–Kier alpha value is -2.75. The van der Waals surface area contributed by atoms with Crippen LogP contribution < -0.4 is 11.2 Å². The number of nitriles is 1. The van der Waals surface area contributed by atoms with Crippen molar-refractivity contribution in [2.75, 3.05) is 0 Å². The normalized spacial score (nSPS) is 10.2. The zero-order valence-electron chi connectivity index (χ0n) is 9.48. The largest absolute Gasteiger partial charge is 0.328 e. The van der Waals surface area contributed by atoms with Crippen molar-refractivity contribution in [1.82, 2.24) is 9.55 Å². The lowest BCUT2D eigenvalue weighted by atomic mass is 10.1. The molecule has 0 aliphatic rings. The number of H-pyrrole nitrogens is 1. The van der Waals surface area contributed by atoms with Gasteiger partial charge >= 0.3 is 5.69 Å². The standard InChI is InChI=1S/C12H7F2N3O2/c13-9-2-1-7(3-8(9)4-15)5-17-6-10(14)11(18)16-12(17)19/h1-3,6H,5H2,(H,16,18,19). The number of benzene rings is 1. The molecule has 1 aromatic heterocycles. The Bertz CT molecular complexity index is 787. The molecule has 0 unspecified atom stereocenters. The van der Waals surface area contributed by atoms with Crippen LogP contribution in [0, 0.1) is 23.0 Å². The van der Waals surface area contributed by atoms with Crippen molar-refractivity contribution in [2.24, 2.45) is 0 Å². The van der Waals surface area contributed by atoms with Gasteiger partial charge in [-0.3, -0.25) is 14.3 Å². The third-order valence-electron chi connectivity index (χ3n) is 2.47. The predicted octanol–water partition coefficient (Wildman–Crippen LogP) is 0.735. The van der Waals surface area contributed by atoms with Crippen molar-refractivity contribution >= 4 is 0 Å². The second-order valence-corrected chi connectivity index (χ2v) is 3.79. The molecule has 1 heterocycles. The molecule has 2 rings (SSSR count). The average Bonchev–Trinajstić information content (AvgIpc) is 2.38. The summed E-state index contributed by atoms with van der Waals surface area (Å²) in [7, 11) is 0. The summed E-state index contributed by atoms with van der Waals surface area (Å²) >= 11 is 0. The van der Waals surface area contributed by atoms with E-state index in [0.717, 1.165) is 16.8 Å². The molecule has 0 fully saturated rings. The van der Waals surface area contributed by atoms with Gasteiger partial charge in [0.1, 0.15) is 11.9 Å². The molecule has 1 aromatic carbocycles. The van der Waals surface area contributed by atoms with Crippen LogP contribution in [0.2, 0.25) is 0 Å². The highest BCUT2D eigenvalue weighted by atomic mass is 19.1. The molecule has 0 aliphatic heterocycles. The van der Waals surface area contributed by atoms with Crippen LogP contribution in [0.3, 0.4) is 0 Å². The van der Waals surface area contributed by atoms with Crippen LogP contribution in [0.5, 0.6) is 0 Å². The number of hydrogen-bond acceptors (Lipinski definition) is 3. The minimum absolute atomic E-state index is 0.0819. The summed E-state index contributed by atoms with van der Waals surface area (Å²) in [6.45, 7) is -0.0819. The molecule has 19 heavy (non-hydrogen) atoms. The topological polar surface area (TPSA) is 78.7 Å². The third kappa shape index (κ3) is 2.57. The van der Waals surface area contributed by atoms with Crippen LogP contribution in [0.1, 0.15) is 11.1 Å². The van der Waals surface area contributed by atoms with Crippen molar-refractivity contribution in [2.45, 2.75) is 6.54 Å². The van der Waals surface area contributed by atoms with E-state index in [1.807, 2.05) is 0 Å². The maximum atomic E-state index is 13.1. The van der Waals surface area contributed by atoms with Crippen LogP contribution >= 0.6 is 0 Å². The van der Waals surface area contributed by atoms with Crippen LogP contribution in [0.4, 0.5) is 8.78 Å². The van der Waals surface area contributed by atoms with Crippen LogP contribution in [-0.4, -0.2) is 9.55 Å². The maximum absolute atomic E-state index is 13.1. The monoisotopic (exact) mass is 263 g/mol. The Balaban J connectivity index is 2.42. The predicted molar refractivity (Wildman–Crippen MR) is 61.5 cm³/mol. The third-order valence-corrected chi connectivity index (χ3v) is 2.47. The first-order valence-electron chi connectivity index (χ1n) is 5.19. The van der Waals surface area contributed by atoms with Gasteiger partial charge in [-0.2, -0.15) is 9.65 Å². The fraction of sp³-hybridized carbons (Fsp3) is 0.0833. The Morgan fingerprint density at radius 1 is 1.26 bits per heavy atom. The van der Waals surface area contributed by atoms with Gasteiger partial charge in [0.2, 0.25) is 5.82 Å². The first-order valence-corrected chi connectivity index (χ1v) is 5.19. The molecule has 0 radical (unpaired) electrons. The molecule has 0 amide bonds. The highest BCUT2D eigenvalue weighted by Gasteiger charge is 2.07. The molecule has 0 atom stereocenters. The fourth-order valence-corrected chi connectivity index (χ4v) is 1.55. The summed E-state index contributed by atoms with van der Waals surface area (Å²) in [6.07, 6.45) is 0.760. The first kappa shape index (κ1) is 12.7. The zero-order valence-corrected chi connectivity index (χ0v) is 9.48. The van der Waals surface area contributed by atoms with E-state index in [1.54, 1.807) is 11.1 Å². The molecule has 0 aliphatic carbocycles. The number of rotatable bonds is 2. The van der Waals surface area contributed by atoms with E-state index in [1.165, 1.54) is 12.1 Å². The van der Waals surface area contributed by atoms with Gasteiger partial charge in [-0.25, -0.2) is 9.18 Å². The second-order valence-electron chi connectivity index (χ2n) is 3.79. The highest BCUT2D eigenvalue weighted by Crippen LogP contribution is 2.10. The molecule has 0 saturated heterocycles. The van der Waals surface area contributed by atoms with Gasteiger partial charge in [-0.15, -0.1) is 0 Å². The summed E-state index contributed by atoms with van der Waals surface area (Å²) in [5, 5.41) is 8.68. The summed E-state index contributed by atoms with van der Waals surface area (Å²) in [5.74, 6) is -1.77. The molecule has 1 N–H and O–H groups in total. The van der Waals surface area contributed by atoms with E-state index < -0.39 is 22.9 Å². The van der Waals surface area contributed by atoms with E-state index in [-0.39, 0.29) is 12.1 Å². The number of hydrogen-bond donors (Lipinski definition) is 1. The zero-order chi connectivity index (χ0) is 14.0. The van der Waals surface area contributed by atoms with Gasteiger partial charge in [0.15, 0.2) is 0 Å². The number of aromatic nitrogens is 2. The van der Waals surface area contributed by atoms with Crippen LogP contribution in [-0.2, 0) is 6.54 Å². The molecule has 7 heteroatoms. The van der Waals surface area contributed by atoms with E-state index >= 15 is 0 Å². The van der Waals surface area contributed by atoms with E-state index in [0.29, 0.717) is 5.56 Å². The molecular formula is C12H7F2N3O2. The van der Waals surface area contributed by atoms with Gasteiger partial charge < -0.3 is 0 Å².